The van der Waals surface area contributed by atoms with Gasteiger partial charge in [0.15, 0.2) is 0 Å². The smallest absolute Gasteiger partial charge is 0.146 e. The number of nitrogens with zero attached hydrogens (tertiary/aromatic N) is 3. The number of aromatic nitrogens is 3. The SMILES string of the molecule is CSc1ncnn2cc(F)c(C)c12. The van der Waals surface area contributed by atoms with Gasteiger partial charge in [-0.2, -0.15) is 5.10 Å². The number of hydrogen-bond donors (Lipinski definition) is 0. The Morgan fingerprint density at radius 2 is 2.31 bits per heavy atom. The predicted molar refractivity (Wildman–Crippen MR) is 49.5 cm³/mol. The van der Waals surface area contributed by atoms with E-state index in [1.807, 2.05) is 6.26 Å². The van der Waals surface area contributed by atoms with Gasteiger partial charge in [0.25, 0.3) is 0 Å². The van der Waals surface area contributed by atoms with Crippen molar-refractivity contribution < 1.29 is 4.39 Å². The molecule has 2 heterocycles. The van der Waals surface area contributed by atoms with Crippen LogP contribution in [0.25, 0.3) is 5.52 Å². The lowest BCUT2D eigenvalue weighted by atomic mass is 10.3. The second-order valence-corrected chi connectivity index (χ2v) is 3.46. The first-order chi connectivity index (χ1) is 6.24. The molecule has 0 bridgehead atoms. The van der Waals surface area contributed by atoms with Crippen molar-refractivity contribution in [2.24, 2.45) is 0 Å². The van der Waals surface area contributed by atoms with Crippen LogP contribution in [0.15, 0.2) is 17.6 Å². The van der Waals surface area contributed by atoms with Crippen molar-refractivity contribution in [3.63, 3.8) is 0 Å². The third-order valence-electron chi connectivity index (χ3n) is 1.93. The molecule has 0 spiro atoms. The topological polar surface area (TPSA) is 30.2 Å². The average Bonchev–Trinajstić information content (AvgIpc) is 2.43. The fraction of sp³-hybridized carbons (Fsp3) is 0.250. The van der Waals surface area contributed by atoms with E-state index in [2.05, 4.69) is 10.1 Å². The van der Waals surface area contributed by atoms with E-state index in [0.29, 0.717) is 5.56 Å². The highest BCUT2D eigenvalue weighted by Gasteiger charge is 2.10. The first kappa shape index (κ1) is 8.50. The van der Waals surface area contributed by atoms with Crippen LogP contribution in [0.1, 0.15) is 5.56 Å². The summed E-state index contributed by atoms with van der Waals surface area (Å²) >= 11 is 1.49. The molecule has 2 aromatic heterocycles. The molecule has 0 saturated carbocycles. The zero-order valence-corrected chi connectivity index (χ0v) is 8.10. The largest absolute Gasteiger partial charge is 0.233 e. The molecule has 0 atom stereocenters. The van der Waals surface area contributed by atoms with E-state index in [-0.39, 0.29) is 5.82 Å². The van der Waals surface area contributed by atoms with Gasteiger partial charge in [0.05, 0.1) is 6.20 Å². The molecule has 0 amide bonds. The lowest BCUT2D eigenvalue weighted by molar-refractivity contribution is 0.618. The molecule has 0 aliphatic carbocycles. The molecule has 0 fully saturated rings. The molecule has 68 valence electrons. The Morgan fingerprint density at radius 1 is 1.54 bits per heavy atom. The second kappa shape index (κ2) is 2.99. The lowest BCUT2D eigenvalue weighted by Crippen LogP contribution is -1.93. The van der Waals surface area contributed by atoms with Crippen LogP contribution in [-0.2, 0) is 0 Å². The third-order valence-corrected chi connectivity index (χ3v) is 2.61. The number of thioether (sulfide) groups is 1. The summed E-state index contributed by atoms with van der Waals surface area (Å²) in [6.07, 6.45) is 4.70. The monoisotopic (exact) mass is 197 g/mol. The van der Waals surface area contributed by atoms with Crippen LogP contribution in [0.3, 0.4) is 0 Å². The normalized spacial score (nSPS) is 11.0. The molecule has 2 aromatic rings. The van der Waals surface area contributed by atoms with Gasteiger partial charge in [-0.25, -0.2) is 13.9 Å². The van der Waals surface area contributed by atoms with Crippen LogP contribution in [-0.4, -0.2) is 20.9 Å². The standard InChI is InChI=1S/C8H8FN3S/c1-5-6(9)3-12-7(5)8(13-2)10-4-11-12/h3-4H,1-2H3. The van der Waals surface area contributed by atoms with Gasteiger partial charge < -0.3 is 0 Å². The van der Waals surface area contributed by atoms with E-state index in [9.17, 15) is 4.39 Å². The number of aryl methyl sites for hydroxylation is 1. The predicted octanol–water partition coefficient (Wildman–Crippen LogP) is 1.90. The molecule has 2 rings (SSSR count). The van der Waals surface area contributed by atoms with Crippen LogP contribution in [0, 0.1) is 12.7 Å². The first-order valence-corrected chi connectivity index (χ1v) is 4.99. The first-order valence-electron chi connectivity index (χ1n) is 3.76. The van der Waals surface area contributed by atoms with Crippen LogP contribution < -0.4 is 0 Å². The van der Waals surface area contributed by atoms with Crippen molar-refractivity contribution in [3.8, 4) is 0 Å². The highest BCUT2D eigenvalue weighted by Crippen LogP contribution is 2.23. The van der Waals surface area contributed by atoms with Crippen molar-refractivity contribution in [2.75, 3.05) is 6.26 Å². The summed E-state index contributed by atoms with van der Waals surface area (Å²) in [6.45, 7) is 1.73. The van der Waals surface area contributed by atoms with Gasteiger partial charge in [0.1, 0.15) is 22.7 Å². The number of hydrogen-bond acceptors (Lipinski definition) is 3. The van der Waals surface area contributed by atoms with Gasteiger partial charge >= 0.3 is 0 Å². The Labute approximate surface area is 79.0 Å². The Morgan fingerprint density at radius 3 is 3.00 bits per heavy atom. The fourth-order valence-corrected chi connectivity index (χ4v) is 1.84. The Hall–Kier alpha value is -1.10. The van der Waals surface area contributed by atoms with Crippen molar-refractivity contribution in [1.82, 2.24) is 14.6 Å². The molecular weight excluding hydrogens is 189 g/mol. The molecule has 0 aliphatic heterocycles. The molecular formula is C8H8FN3S. The summed E-state index contributed by atoms with van der Waals surface area (Å²) in [7, 11) is 0. The molecule has 5 heteroatoms. The summed E-state index contributed by atoms with van der Waals surface area (Å²) in [4.78, 5) is 4.06. The van der Waals surface area contributed by atoms with E-state index in [4.69, 9.17) is 0 Å². The van der Waals surface area contributed by atoms with Crippen LogP contribution in [0.2, 0.25) is 0 Å². The van der Waals surface area contributed by atoms with Gasteiger partial charge in [0, 0.05) is 5.56 Å². The van der Waals surface area contributed by atoms with Crippen LogP contribution >= 0.6 is 11.8 Å². The van der Waals surface area contributed by atoms with Crippen molar-refractivity contribution in [2.45, 2.75) is 11.9 Å². The second-order valence-electron chi connectivity index (χ2n) is 2.66. The Balaban J connectivity index is 2.87. The van der Waals surface area contributed by atoms with Gasteiger partial charge in [-0.05, 0) is 13.2 Å². The van der Waals surface area contributed by atoms with Crippen molar-refractivity contribution >= 4 is 17.3 Å². The van der Waals surface area contributed by atoms with E-state index < -0.39 is 0 Å². The minimum Gasteiger partial charge on any atom is -0.233 e. The van der Waals surface area contributed by atoms with Crippen molar-refractivity contribution in [1.29, 1.82) is 0 Å². The number of rotatable bonds is 1. The summed E-state index contributed by atoms with van der Waals surface area (Å²) in [5, 5.41) is 4.73. The molecule has 0 radical (unpaired) electrons. The average molecular weight is 197 g/mol. The highest BCUT2D eigenvalue weighted by molar-refractivity contribution is 7.98. The number of halogens is 1. The minimum atomic E-state index is -0.240. The zero-order chi connectivity index (χ0) is 9.42. The third kappa shape index (κ3) is 1.19. The van der Waals surface area contributed by atoms with Crippen LogP contribution in [0.5, 0.6) is 0 Å². The van der Waals surface area contributed by atoms with Gasteiger partial charge in [-0.15, -0.1) is 11.8 Å². The molecule has 0 N–H and O–H groups in total. The molecule has 13 heavy (non-hydrogen) atoms. The molecule has 3 nitrogen and oxygen atoms in total. The van der Waals surface area contributed by atoms with Gasteiger partial charge in [-0.1, -0.05) is 0 Å². The summed E-state index contributed by atoms with van der Waals surface area (Å²) in [5.74, 6) is -0.240. The quantitative estimate of drug-likeness (QED) is 0.654. The van der Waals surface area contributed by atoms with E-state index in [0.717, 1.165) is 10.5 Å². The maximum Gasteiger partial charge on any atom is 0.146 e. The van der Waals surface area contributed by atoms with Gasteiger partial charge in [-0.3, -0.25) is 0 Å². The maximum atomic E-state index is 13.2. The summed E-state index contributed by atoms with van der Waals surface area (Å²) in [6, 6.07) is 0. The Bertz CT molecular complexity index is 452. The molecule has 0 unspecified atom stereocenters. The summed E-state index contributed by atoms with van der Waals surface area (Å²) < 4.78 is 14.7. The zero-order valence-electron chi connectivity index (χ0n) is 7.28. The minimum absolute atomic E-state index is 0.240. The maximum absolute atomic E-state index is 13.2. The van der Waals surface area contributed by atoms with E-state index in [1.165, 1.54) is 28.8 Å². The number of fused-ring (bicyclic) bond motifs is 1. The van der Waals surface area contributed by atoms with Crippen molar-refractivity contribution in [3.05, 3.63) is 23.9 Å². The summed E-state index contributed by atoms with van der Waals surface area (Å²) in [5.41, 5.74) is 1.36. The van der Waals surface area contributed by atoms with Gasteiger partial charge in [0.2, 0.25) is 0 Å². The van der Waals surface area contributed by atoms with E-state index >= 15 is 0 Å². The highest BCUT2D eigenvalue weighted by atomic mass is 32.2. The van der Waals surface area contributed by atoms with Crippen LogP contribution in [0.4, 0.5) is 4.39 Å². The fourth-order valence-electron chi connectivity index (χ4n) is 1.25. The molecule has 0 aromatic carbocycles. The molecule has 0 aliphatic rings. The van der Waals surface area contributed by atoms with E-state index in [1.54, 1.807) is 6.92 Å². The molecule has 0 saturated heterocycles. The lowest BCUT2D eigenvalue weighted by Gasteiger charge is -1.98. The Kier molecular flexibility index (Phi) is 1.95.